The van der Waals surface area contributed by atoms with Gasteiger partial charge in [-0.25, -0.2) is 4.79 Å². The van der Waals surface area contributed by atoms with Gasteiger partial charge in [-0.15, -0.1) is 11.3 Å². The van der Waals surface area contributed by atoms with Crippen LogP contribution >= 0.6 is 11.3 Å². The second kappa shape index (κ2) is 7.21. The van der Waals surface area contributed by atoms with Gasteiger partial charge < -0.3 is 14.7 Å². The molecule has 2 aromatic heterocycles. The van der Waals surface area contributed by atoms with Crippen molar-refractivity contribution >= 4 is 22.9 Å². The number of urea groups is 1. The molecule has 1 atom stereocenters. The van der Waals surface area contributed by atoms with Crippen LogP contribution in [0.4, 0.5) is 4.79 Å². The van der Waals surface area contributed by atoms with E-state index < -0.39 is 0 Å². The van der Waals surface area contributed by atoms with Gasteiger partial charge in [-0.1, -0.05) is 24.2 Å². The van der Waals surface area contributed by atoms with Crippen LogP contribution in [-0.4, -0.2) is 35.7 Å². The predicted molar refractivity (Wildman–Crippen MR) is 96.3 cm³/mol. The Balaban J connectivity index is 1.53. The van der Waals surface area contributed by atoms with Gasteiger partial charge in [0, 0.05) is 36.0 Å². The molecule has 2 aromatic rings. The summed E-state index contributed by atoms with van der Waals surface area (Å²) in [7, 11) is 0. The highest BCUT2D eigenvalue weighted by Crippen LogP contribution is 2.26. The second-order valence-electron chi connectivity index (χ2n) is 6.23. The highest BCUT2D eigenvalue weighted by molar-refractivity contribution is 7.11. The molecule has 0 fully saturated rings. The minimum absolute atomic E-state index is 0.00455. The molecule has 0 unspecified atom stereocenters. The zero-order valence-electron chi connectivity index (χ0n) is 14.3. The summed E-state index contributed by atoms with van der Waals surface area (Å²) in [5.41, 5.74) is 3.34. The fourth-order valence-corrected chi connectivity index (χ4v) is 3.98. The molecule has 0 saturated carbocycles. The van der Waals surface area contributed by atoms with Gasteiger partial charge in [-0.2, -0.15) is 0 Å². The quantitative estimate of drug-likeness (QED) is 0.912. The van der Waals surface area contributed by atoms with Gasteiger partial charge in [-0.05, 0) is 37.3 Å². The van der Waals surface area contributed by atoms with Crippen molar-refractivity contribution in [2.45, 2.75) is 33.1 Å². The minimum Gasteiger partial charge on any atom is -0.361 e. The molecule has 5 nitrogen and oxygen atoms in total. The number of carbonyl (C=O) groups is 1. The zero-order chi connectivity index (χ0) is 17.1. The lowest BCUT2D eigenvalue weighted by Crippen LogP contribution is -2.43. The molecule has 0 bridgehead atoms. The lowest BCUT2D eigenvalue weighted by Gasteiger charge is -2.27. The summed E-state index contributed by atoms with van der Waals surface area (Å²) in [5.74, 6) is 1.01. The maximum Gasteiger partial charge on any atom is 0.317 e. The summed E-state index contributed by atoms with van der Waals surface area (Å²) in [4.78, 5) is 15.6. The van der Waals surface area contributed by atoms with Crippen LogP contribution in [0.3, 0.4) is 0 Å². The maximum absolute atomic E-state index is 12.4. The van der Waals surface area contributed by atoms with Crippen LogP contribution in [0, 0.1) is 13.8 Å². The highest BCUT2D eigenvalue weighted by Gasteiger charge is 2.21. The van der Waals surface area contributed by atoms with Crippen molar-refractivity contribution < 1.29 is 9.32 Å². The number of amides is 2. The van der Waals surface area contributed by atoms with E-state index in [2.05, 4.69) is 41.0 Å². The molecule has 1 N–H and O–H groups in total. The van der Waals surface area contributed by atoms with Crippen molar-refractivity contribution in [1.82, 2.24) is 15.4 Å². The van der Waals surface area contributed by atoms with Crippen LogP contribution in [0.15, 0.2) is 28.1 Å². The first-order chi connectivity index (χ1) is 11.6. The van der Waals surface area contributed by atoms with Crippen LogP contribution in [0.25, 0.3) is 5.57 Å². The fourth-order valence-electron chi connectivity index (χ4n) is 3.19. The highest BCUT2D eigenvalue weighted by atomic mass is 32.1. The molecular formula is C18H23N3O2S. The van der Waals surface area contributed by atoms with Crippen molar-refractivity contribution in [1.29, 1.82) is 0 Å². The van der Waals surface area contributed by atoms with Crippen LogP contribution in [0.5, 0.6) is 0 Å². The summed E-state index contributed by atoms with van der Waals surface area (Å²) in [6.45, 7) is 7.94. The number of nitrogens with one attached hydrogen (secondary N) is 1. The van der Waals surface area contributed by atoms with Crippen LogP contribution in [-0.2, 0) is 0 Å². The first-order valence-electron chi connectivity index (χ1n) is 8.24. The van der Waals surface area contributed by atoms with Gasteiger partial charge in [0.15, 0.2) is 0 Å². The lowest BCUT2D eigenvalue weighted by atomic mass is 10.00. The number of aromatic nitrogens is 1. The number of rotatable bonds is 4. The average Bonchev–Trinajstić information content (AvgIpc) is 3.23. The third kappa shape index (κ3) is 3.53. The molecule has 0 saturated heterocycles. The second-order valence-corrected chi connectivity index (χ2v) is 7.18. The molecule has 3 heterocycles. The van der Waals surface area contributed by atoms with Crippen molar-refractivity contribution in [2.24, 2.45) is 0 Å². The van der Waals surface area contributed by atoms with E-state index in [1.165, 1.54) is 10.5 Å². The number of thiophene rings is 1. The number of hydrogen-bond donors (Lipinski definition) is 1. The van der Waals surface area contributed by atoms with E-state index in [0.717, 1.165) is 30.0 Å². The molecule has 6 heteroatoms. The van der Waals surface area contributed by atoms with Crippen LogP contribution in [0.1, 0.15) is 41.2 Å². The summed E-state index contributed by atoms with van der Waals surface area (Å²) >= 11 is 1.75. The Morgan fingerprint density at radius 3 is 2.92 bits per heavy atom. The SMILES string of the molecule is Cc1noc(C)c1[C@@H](C)CNC(=O)N1CC=C(c2cccs2)CC1. The molecule has 1 aliphatic heterocycles. The van der Waals surface area contributed by atoms with Gasteiger partial charge in [0.05, 0.1) is 5.69 Å². The van der Waals surface area contributed by atoms with E-state index in [1.807, 2.05) is 18.7 Å². The zero-order valence-corrected chi connectivity index (χ0v) is 15.2. The Morgan fingerprint density at radius 1 is 1.50 bits per heavy atom. The van der Waals surface area contributed by atoms with Crippen molar-refractivity contribution in [3.8, 4) is 0 Å². The normalized spacial score (nSPS) is 16.0. The molecule has 1 aliphatic rings. The molecular weight excluding hydrogens is 322 g/mol. The standard InChI is InChI=1S/C18H23N3O2S/c1-12(17-13(2)20-23-14(17)3)11-19-18(22)21-8-6-15(7-9-21)16-5-4-10-24-16/h4-6,10,12H,7-9,11H2,1-3H3,(H,19,22)/t12-/m0/s1. The molecule has 0 radical (unpaired) electrons. The van der Waals surface area contributed by atoms with Crippen molar-refractivity contribution in [3.63, 3.8) is 0 Å². The Kier molecular flexibility index (Phi) is 5.04. The fraction of sp³-hybridized carbons (Fsp3) is 0.444. The van der Waals surface area contributed by atoms with Gasteiger partial charge in [0.25, 0.3) is 0 Å². The van der Waals surface area contributed by atoms with Gasteiger partial charge in [-0.3, -0.25) is 0 Å². The molecule has 128 valence electrons. The summed E-state index contributed by atoms with van der Waals surface area (Å²) in [5, 5.41) is 9.11. The van der Waals surface area contributed by atoms with E-state index in [-0.39, 0.29) is 11.9 Å². The number of hydrogen-bond acceptors (Lipinski definition) is 4. The predicted octanol–water partition coefficient (Wildman–Crippen LogP) is 3.96. The first kappa shape index (κ1) is 16.8. The van der Waals surface area contributed by atoms with Crippen LogP contribution < -0.4 is 5.32 Å². The van der Waals surface area contributed by atoms with E-state index in [9.17, 15) is 4.79 Å². The van der Waals surface area contributed by atoms with E-state index in [4.69, 9.17) is 4.52 Å². The summed E-state index contributed by atoms with van der Waals surface area (Å²) < 4.78 is 5.21. The Morgan fingerprint density at radius 2 is 2.33 bits per heavy atom. The smallest absolute Gasteiger partial charge is 0.317 e. The largest absolute Gasteiger partial charge is 0.361 e. The van der Waals surface area contributed by atoms with Gasteiger partial charge >= 0.3 is 6.03 Å². The Labute approximate surface area is 146 Å². The maximum atomic E-state index is 12.4. The van der Waals surface area contributed by atoms with Gasteiger partial charge in [0.1, 0.15) is 5.76 Å². The molecule has 3 rings (SSSR count). The number of aryl methyl sites for hydroxylation is 2. The van der Waals surface area contributed by atoms with Crippen LogP contribution in [0.2, 0.25) is 0 Å². The third-order valence-corrected chi connectivity index (χ3v) is 5.42. The topological polar surface area (TPSA) is 58.4 Å². The molecule has 0 aliphatic carbocycles. The molecule has 24 heavy (non-hydrogen) atoms. The van der Waals surface area contributed by atoms with Crippen molar-refractivity contribution in [2.75, 3.05) is 19.6 Å². The van der Waals surface area contributed by atoms with Gasteiger partial charge in [0.2, 0.25) is 0 Å². The number of carbonyl (C=O) groups excluding carboxylic acids is 1. The van der Waals surface area contributed by atoms with E-state index in [1.54, 1.807) is 11.3 Å². The Hall–Kier alpha value is -2.08. The summed E-state index contributed by atoms with van der Waals surface area (Å²) in [6.07, 6.45) is 3.07. The summed E-state index contributed by atoms with van der Waals surface area (Å²) in [6, 6.07) is 4.20. The first-order valence-corrected chi connectivity index (χ1v) is 9.12. The third-order valence-electron chi connectivity index (χ3n) is 4.47. The minimum atomic E-state index is -0.00455. The molecule has 2 amide bonds. The number of nitrogens with zero attached hydrogens (tertiary/aromatic N) is 2. The van der Waals surface area contributed by atoms with E-state index in [0.29, 0.717) is 13.1 Å². The monoisotopic (exact) mass is 345 g/mol. The van der Waals surface area contributed by atoms with Crippen molar-refractivity contribution in [3.05, 3.63) is 45.5 Å². The Bertz CT molecular complexity index is 714. The van der Waals surface area contributed by atoms with E-state index >= 15 is 0 Å². The molecule has 0 aromatic carbocycles. The molecule has 0 spiro atoms. The average molecular weight is 345 g/mol. The lowest BCUT2D eigenvalue weighted by molar-refractivity contribution is 0.202.